The van der Waals surface area contributed by atoms with E-state index in [9.17, 15) is 13.2 Å². The summed E-state index contributed by atoms with van der Waals surface area (Å²) in [6.45, 7) is 4.88. The summed E-state index contributed by atoms with van der Waals surface area (Å²) in [4.78, 5) is 15.9. The van der Waals surface area contributed by atoms with Gasteiger partial charge in [-0.25, -0.2) is 8.42 Å². The zero-order valence-corrected chi connectivity index (χ0v) is 24.7. The maximum Gasteiger partial charge on any atom is 0.264 e. The first-order chi connectivity index (χ1) is 20.4. The van der Waals surface area contributed by atoms with Gasteiger partial charge in [0, 0.05) is 13.1 Å². The van der Waals surface area contributed by atoms with Crippen molar-refractivity contribution >= 4 is 21.6 Å². The second-order valence-corrected chi connectivity index (χ2v) is 12.5. The summed E-state index contributed by atoms with van der Waals surface area (Å²) in [5.74, 6) is 0.852. The molecule has 7 nitrogen and oxygen atoms in total. The average Bonchev–Trinajstić information content (AvgIpc) is 3.01. The van der Waals surface area contributed by atoms with Crippen LogP contribution in [0.15, 0.2) is 108 Å². The molecule has 42 heavy (non-hydrogen) atoms. The Balaban J connectivity index is 1.33. The van der Waals surface area contributed by atoms with Crippen molar-refractivity contribution in [1.29, 1.82) is 0 Å². The van der Waals surface area contributed by atoms with Gasteiger partial charge in [0.05, 0.1) is 10.6 Å². The first-order valence-corrected chi connectivity index (χ1v) is 15.8. The van der Waals surface area contributed by atoms with Crippen molar-refractivity contribution in [2.45, 2.75) is 44.2 Å². The number of carbonyl (C=O) groups excluding carboxylic acids is 1. The van der Waals surface area contributed by atoms with E-state index >= 15 is 0 Å². The normalized spacial score (nSPS) is 13.8. The fourth-order valence-electron chi connectivity index (χ4n) is 5.08. The number of aryl methyl sites for hydroxylation is 1. The molecule has 1 aliphatic heterocycles. The van der Waals surface area contributed by atoms with Crippen LogP contribution in [0.25, 0.3) is 0 Å². The Bertz CT molecular complexity index is 1570. The molecule has 218 valence electrons. The molecular weight excluding hydrogens is 546 g/mol. The molecule has 1 N–H and O–H groups in total. The molecule has 0 atom stereocenters. The number of carbonyl (C=O) groups is 1. The second-order valence-electron chi connectivity index (χ2n) is 10.6. The Morgan fingerprint density at radius 3 is 2.10 bits per heavy atom. The molecule has 0 aromatic heterocycles. The van der Waals surface area contributed by atoms with E-state index in [1.807, 2.05) is 55.5 Å². The highest BCUT2D eigenvalue weighted by Gasteiger charge is 2.27. The number of amides is 1. The summed E-state index contributed by atoms with van der Waals surface area (Å²) >= 11 is 0. The number of anilines is 1. The molecule has 1 amide bonds. The number of sulfonamides is 1. The summed E-state index contributed by atoms with van der Waals surface area (Å²) in [6.07, 6.45) is 3.70. The van der Waals surface area contributed by atoms with Crippen LogP contribution >= 0.6 is 0 Å². The fourth-order valence-corrected chi connectivity index (χ4v) is 6.50. The van der Waals surface area contributed by atoms with Crippen LogP contribution < -0.4 is 14.4 Å². The predicted octanol–water partition coefficient (Wildman–Crippen LogP) is 6.28. The quantitative estimate of drug-likeness (QED) is 0.225. The van der Waals surface area contributed by atoms with E-state index in [1.54, 1.807) is 48.5 Å². The Labute approximate surface area is 248 Å². The lowest BCUT2D eigenvalue weighted by Crippen LogP contribution is -2.40. The lowest BCUT2D eigenvalue weighted by molar-refractivity contribution is -0.119. The molecule has 4 aromatic carbocycles. The van der Waals surface area contributed by atoms with Gasteiger partial charge in [-0.1, -0.05) is 66.6 Å². The SMILES string of the molecule is Cc1ccc(S(=O)(=O)N(CC(=O)NCc2ccccc2CN2CCCCC2)c2ccc(Oc3ccccc3)cc2)cc1. The van der Waals surface area contributed by atoms with Gasteiger partial charge in [0.15, 0.2) is 0 Å². The van der Waals surface area contributed by atoms with Crippen LogP contribution in [-0.4, -0.2) is 38.9 Å². The highest BCUT2D eigenvalue weighted by Crippen LogP contribution is 2.28. The highest BCUT2D eigenvalue weighted by molar-refractivity contribution is 7.92. The topological polar surface area (TPSA) is 79.0 Å². The van der Waals surface area contributed by atoms with Crippen LogP contribution in [-0.2, 0) is 27.9 Å². The van der Waals surface area contributed by atoms with E-state index in [4.69, 9.17) is 4.74 Å². The molecule has 1 saturated heterocycles. The third-order valence-corrected chi connectivity index (χ3v) is 9.22. The van der Waals surface area contributed by atoms with Gasteiger partial charge in [-0.05, 0) is 92.5 Å². The Morgan fingerprint density at radius 1 is 0.786 bits per heavy atom. The molecular formula is C34H37N3O4S. The monoisotopic (exact) mass is 583 g/mol. The molecule has 1 heterocycles. The van der Waals surface area contributed by atoms with Crippen LogP contribution in [0.5, 0.6) is 11.5 Å². The summed E-state index contributed by atoms with van der Waals surface area (Å²) < 4.78 is 34.7. The fraction of sp³-hybridized carbons (Fsp3) is 0.265. The molecule has 4 aromatic rings. The maximum atomic E-state index is 13.8. The van der Waals surface area contributed by atoms with Crippen molar-refractivity contribution in [3.05, 3.63) is 120 Å². The lowest BCUT2D eigenvalue weighted by Gasteiger charge is -2.27. The van der Waals surface area contributed by atoms with Crippen LogP contribution in [0, 0.1) is 6.92 Å². The Morgan fingerprint density at radius 2 is 1.40 bits per heavy atom. The van der Waals surface area contributed by atoms with Crippen molar-refractivity contribution in [3.8, 4) is 11.5 Å². The number of rotatable bonds is 11. The number of nitrogens with one attached hydrogen (secondary N) is 1. The average molecular weight is 584 g/mol. The van der Waals surface area contributed by atoms with Crippen LogP contribution in [0.4, 0.5) is 5.69 Å². The molecule has 0 radical (unpaired) electrons. The third kappa shape index (κ3) is 7.57. The molecule has 0 bridgehead atoms. The summed E-state index contributed by atoms with van der Waals surface area (Å²) in [5.41, 5.74) is 3.53. The van der Waals surface area contributed by atoms with Gasteiger partial charge in [-0.3, -0.25) is 14.0 Å². The summed E-state index contributed by atoms with van der Waals surface area (Å²) in [6, 6.07) is 30.8. The summed E-state index contributed by atoms with van der Waals surface area (Å²) in [7, 11) is -4.02. The van der Waals surface area contributed by atoms with Crippen LogP contribution in [0.2, 0.25) is 0 Å². The van der Waals surface area contributed by atoms with Gasteiger partial charge in [-0.2, -0.15) is 0 Å². The van der Waals surface area contributed by atoms with E-state index in [0.29, 0.717) is 23.7 Å². The first-order valence-electron chi connectivity index (χ1n) is 14.4. The van der Waals surface area contributed by atoms with E-state index in [2.05, 4.69) is 16.3 Å². The van der Waals surface area contributed by atoms with Crippen LogP contribution in [0.1, 0.15) is 36.0 Å². The standard InChI is InChI=1S/C34H37N3O4S/c1-27-14-20-33(21-15-27)42(39,40)37(30-16-18-32(19-17-30)41-31-12-4-2-5-13-31)26-34(38)35-24-28-10-6-7-11-29(28)25-36-22-8-3-9-23-36/h2,4-7,10-21H,3,8-9,22-26H2,1H3,(H,35,38). The molecule has 1 fully saturated rings. The molecule has 0 saturated carbocycles. The number of ether oxygens (including phenoxy) is 1. The van der Waals surface area contributed by atoms with Gasteiger partial charge >= 0.3 is 0 Å². The van der Waals surface area contributed by atoms with E-state index in [-0.39, 0.29) is 17.3 Å². The van der Waals surface area contributed by atoms with Gasteiger partial charge in [0.25, 0.3) is 10.0 Å². The summed E-state index contributed by atoms with van der Waals surface area (Å²) in [5, 5.41) is 2.97. The first kappa shape index (κ1) is 29.4. The van der Waals surface area contributed by atoms with Gasteiger partial charge < -0.3 is 10.1 Å². The molecule has 8 heteroatoms. The zero-order valence-electron chi connectivity index (χ0n) is 23.9. The molecule has 1 aliphatic rings. The minimum atomic E-state index is -4.02. The van der Waals surface area contributed by atoms with Crippen molar-refractivity contribution in [2.75, 3.05) is 23.9 Å². The number of para-hydroxylation sites is 1. The molecule has 5 rings (SSSR count). The maximum absolute atomic E-state index is 13.8. The van der Waals surface area contributed by atoms with Gasteiger partial charge in [0.1, 0.15) is 18.0 Å². The molecule has 0 unspecified atom stereocenters. The Kier molecular flexibility index (Phi) is 9.56. The highest BCUT2D eigenvalue weighted by atomic mass is 32.2. The largest absolute Gasteiger partial charge is 0.457 e. The van der Waals surface area contributed by atoms with Crippen molar-refractivity contribution < 1.29 is 17.9 Å². The van der Waals surface area contributed by atoms with Crippen molar-refractivity contribution in [3.63, 3.8) is 0 Å². The van der Waals surface area contributed by atoms with Crippen LogP contribution in [0.3, 0.4) is 0 Å². The predicted molar refractivity (Wildman–Crippen MR) is 166 cm³/mol. The Hall–Kier alpha value is -4.14. The lowest BCUT2D eigenvalue weighted by atomic mass is 10.0. The van der Waals surface area contributed by atoms with Gasteiger partial charge in [-0.15, -0.1) is 0 Å². The minimum Gasteiger partial charge on any atom is -0.457 e. The second kappa shape index (κ2) is 13.7. The van der Waals surface area contributed by atoms with Gasteiger partial charge in [0.2, 0.25) is 5.91 Å². The number of hydrogen-bond donors (Lipinski definition) is 1. The number of nitrogens with zero attached hydrogens (tertiary/aromatic N) is 2. The smallest absolute Gasteiger partial charge is 0.264 e. The third-order valence-electron chi connectivity index (χ3n) is 7.44. The number of benzene rings is 4. The minimum absolute atomic E-state index is 0.123. The molecule has 0 spiro atoms. The van der Waals surface area contributed by atoms with E-state index in [1.165, 1.54) is 24.8 Å². The molecule has 0 aliphatic carbocycles. The number of piperidine rings is 1. The van der Waals surface area contributed by atoms with E-state index < -0.39 is 10.0 Å². The van der Waals surface area contributed by atoms with Crippen molar-refractivity contribution in [1.82, 2.24) is 10.2 Å². The van der Waals surface area contributed by atoms with E-state index in [0.717, 1.165) is 35.1 Å². The zero-order chi connectivity index (χ0) is 29.4. The number of likely N-dealkylation sites (tertiary alicyclic amines) is 1. The number of hydrogen-bond acceptors (Lipinski definition) is 5. The van der Waals surface area contributed by atoms with Crippen molar-refractivity contribution in [2.24, 2.45) is 0 Å².